The Hall–Kier alpha value is -1.94. The zero-order valence-corrected chi connectivity index (χ0v) is 52.3. The smallest absolute Gasteiger partial charge is 0.462 e. The van der Waals surface area contributed by atoms with Gasteiger partial charge in [0.2, 0.25) is 0 Å². The molecule has 0 rings (SSSR count). The van der Waals surface area contributed by atoms with Gasteiger partial charge in [0.1, 0.15) is 19.3 Å². The zero-order chi connectivity index (χ0) is 58.5. The van der Waals surface area contributed by atoms with Crippen LogP contribution in [0.4, 0.5) is 0 Å². The molecule has 0 spiro atoms. The van der Waals surface area contributed by atoms with Gasteiger partial charge in [0.05, 0.1) is 26.4 Å². The van der Waals surface area contributed by atoms with Gasteiger partial charge in [-0.15, -0.1) is 0 Å². The Labute approximate surface area is 479 Å². The summed E-state index contributed by atoms with van der Waals surface area (Å²) in [6, 6.07) is 0. The Morgan fingerprint density at radius 1 is 0.354 bits per heavy atom. The summed E-state index contributed by atoms with van der Waals surface area (Å²) in [4.78, 5) is 71.7. The fourth-order valence-electron chi connectivity index (χ4n) is 8.84. The van der Waals surface area contributed by atoms with Crippen molar-refractivity contribution >= 4 is 39.5 Å². The number of ether oxygens (including phenoxy) is 4. The maximum absolute atomic E-state index is 12.9. The van der Waals surface area contributed by atoms with E-state index in [9.17, 15) is 43.2 Å². The predicted molar refractivity (Wildman–Crippen MR) is 312 cm³/mol. The van der Waals surface area contributed by atoms with E-state index in [-0.39, 0.29) is 25.7 Å². The van der Waals surface area contributed by atoms with Gasteiger partial charge >= 0.3 is 39.5 Å². The fraction of sp³-hybridized carbons (Fsp3) is 0.933. The summed E-state index contributed by atoms with van der Waals surface area (Å²) >= 11 is 0. The van der Waals surface area contributed by atoms with Crippen LogP contribution < -0.4 is 0 Å². The zero-order valence-electron chi connectivity index (χ0n) is 50.5. The van der Waals surface area contributed by atoms with Gasteiger partial charge in [-0.2, -0.15) is 0 Å². The molecule has 79 heavy (non-hydrogen) atoms. The standard InChI is InChI=1S/C60H116O17P2/c1-6-10-13-16-18-20-21-22-23-24-25-26-27-29-36-41-46-60(65)77-56(50-71-58(63)44-39-34-31-30-33-37-42-53(5)9-4)52-75-79(68,69)73-48-54(61)47-72-78(66,67)74-51-55(49-70-57(62)43-38-32-15-12-8-3)76-59(64)45-40-35-28-19-17-14-11-7-2/h53-56,61H,6-52H2,1-5H3,(H,66,67)(H,68,69)/t53?,54-,55+,56+/m0/s1. The van der Waals surface area contributed by atoms with Crippen LogP contribution in [0.25, 0.3) is 0 Å². The van der Waals surface area contributed by atoms with Crippen molar-refractivity contribution in [1.29, 1.82) is 0 Å². The molecule has 0 saturated carbocycles. The van der Waals surface area contributed by atoms with Gasteiger partial charge in [0.15, 0.2) is 12.2 Å². The topological polar surface area (TPSA) is 237 Å². The van der Waals surface area contributed by atoms with Crippen molar-refractivity contribution in [3.8, 4) is 0 Å². The Bertz CT molecular complexity index is 1550. The van der Waals surface area contributed by atoms with E-state index in [0.717, 1.165) is 115 Å². The van der Waals surface area contributed by atoms with Gasteiger partial charge in [0.25, 0.3) is 0 Å². The number of hydrogen-bond acceptors (Lipinski definition) is 15. The Kier molecular flexibility index (Phi) is 52.7. The van der Waals surface area contributed by atoms with Crippen LogP contribution in [0.2, 0.25) is 0 Å². The van der Waals surface area contributed by atoms with Crippen LogP contribution in [0.3, 0.4) is 0 Å². The van der Waals surface area contributed by atoms with Crippen LogP contribution >= 0.6 is 15.6 Å². The number of rotatable bonds is 60. The second kappa shape index (κ2) is 54.0. The minimum Gasteiger partial charge on any atom is -0.462 e. The molecule has 0 aliphatic carbocycles. The van der Waals surface area contributed by atoms with E-state index < -0.39 is 97.5 Å². The minimum absolute atomic E-state index is 0.104. The summed E-state index contributed by atoms with van der Waals surface area (Å²) in [5.41, 5.74) is 0. The van der Waals surface area contributed by atoms with Crippen LogP contribution in [0.1, 0.15) is 298 Å². The van der Waals surface area contributed by atoms with Crippen molar-refractivity contribution in [1.82, 2.24) is 0 Å². The minimum atomic E-state index is -4.94. The van der Waals surface area contributed by atoms with E-state index in [0.29, 0.717) is 25.7 Å². The lowest BCUT2D eigenvalue weighted by Crippen LogP contribution is -2.30. The van der Waals surface area contributed by atoms with Crippen molar-refractivity contribution < 1.29 is 80.2 Å². The second-order valence-electron chi connectivity index (χ2n) is 22.0. The third-order valence-electron chi connectivity index (χ3n) is 14.1. The Morgan fingerprint density at radius 2 is 0.608 bits per heavy atom. The van der Waals surface area contributed by atoms with Gasteiger partial charge in [-0.1, -0.05) is 247 Å². The van der Waals surface area contributed by atoms with Crippen LogP contribution in [-0.4, -0.2) is 96.7 Å². The molecule has 0 radical (unpaired) electrons. The first-order chi connectivity index (χ1) is 38.1. The molecule has 0 aliphatic rings. The molecule has 0 aliphatic heterocycles. The van der Waals surface area contributed by atoms with E-state index >= 15 is 0 Å². The van der Waals surface area contributed by atoms with E-state index in [1.807, 2.05) is 0 Å². The van der Waals surface area contributed by atoms with Crippen LogP contribution in [-0.2, 0) is 65.4 Å². The molecule has 0 aromatic carbocycles. The first-order valence-electron chi connectivity index (χ1n) is 31.7. The maximum Gasteiger partial charge on any atom is 0.472 e. The highest BCUT2D eigenvalue weighted by molar-refractivity contribution is 7.47. The SMILES string of the molecule is CCCCCCCCCCCCCCCCCCC(=O)O[C@H](COC(=O)CCCCCCCCC(C)CC)COP(=O)(O)OC[C@@H](O)COP(=O)(O)OC[C@@H](COC(=O)CCCCCCC)OC(=O)CCCCCCCCCC. The highest BCUT2D eigenvalue weighted by Crippen LogP contribution is 2.45. The number of aliphatic hydroxyl groups is 1. The van der Waals surface area contributed by atoms with Gasteiger partial charge in [-0.05, 0) is 31.6 Å². The van der Waals surface area contributed by atoms with E-state index in [1.165, 1.54) is 103 Å². The Morgan fingerprint density at radius 3 is 0.899 bits per heavy atom. The van der Waals surface area contributed by atoms with Crippen LogP contribution in [0, 0.1) is 5.92 Å². The van der Waals surface area contributed by atoms with Gasteiger partial charge in [0, 0.05) is 25.7 Å². The molecule has 0 heterocycles. The molecule has 0 aromatic heterocycles. The first-order valence-corrected chi connectivity index (χ1v) is 34.7. The summed E-state index contributed by atoms with van der Waals surface area (Å²) in [5.74, 6) is -1.42. The third kappa shape index (κ3) is 53.8. The summed E-state index contributed by atoms with van der Waals surface area (Å²) in [7, 11) is -9.87. The molecular formula is C60H116O17P2. The summed E-state index contributed by atoms with van der Waals surface area (Å²) in [5, 5.41) is 10.5. The van der Waals surface area contributed by atoms with E-state index in [1.54, 1.807) is 0 Å². The third-order valence-corrected chi connectivity index (χ3v) is 16.0. The van der Waals surface area contributed by atoms with Crippen molar-refractivity contribution in [3.63, 3.8) is 0 Å². The second-order valence-corrected chi connectivity index (χ2v) is 24.9. The molecule has 0 aromatic rings. The quantitative estimate of drug-likeness (QED) is 0.0222. The molecular weight excluding hydrogens is 1050 g/mol. The van der Waals surface area contributed by atoms with Gasteiger partial charge < -0.3 is 33.8 Å². The highest BCUT2D eigenvalue weighted by Gasteiger charge is 2.30. The average molecular weight is 1170 g/mol. The average Bonchev–Trinajstić information content (AvgIpc) is 3.42. The number of carbonyl (C=O) groups is 4. The van der Waals surface area contributed by atoms with Crippen molar-refractivity contribution in [2.75, 3.05) is 39.6 Å². The van der Waals surface area contributed by atoms with Crippen molar-refractivity contribution in [2.24, 2.45) is 5.92 Å². The lowest BCUT2D eigenvalue weighted by Gasteiger charge is -2.21. The number of hydrogen-bond donors (Lipinski definition) is 3. The largest absolute Gasteiger partial charge is 0.472 e. The highest BCUT2D eigenvalue weighted by atomic mass is 31.2. The molecule has 0 bridgehead atoms. The molecule has 17 nitrogen and oxygen atoms in total. The monoisotopic (exact) mass is 1170 g/mol. The number of phosphoric ester groups is 2. The number of aliphatic hydroxyl groups excluding tert-OH is 1. The molecule has 468 valence electrons. The predicted octanol–water partition coefficient (Wildman–Crippen LogP) is 16.2. The molecule has 0 fully saturated rings. The molecule has 0 amide bonds. The van der Waals surface area contributed by atoms with Gasteiger partial charge in [-0.3, -0.25) is 37.3 Å². The van der Waals surface area contributed by atoms with Crippen LogP contribution in [0.5, 0.6) is 0 Å². The van der Waals surface area contributed by atoms with Gasteiger partial charge in [-0.25, -0.2) is 9.13 Å². The van der Waals surface area contributed by atoms with Crippen molar-refractivity contribution in [3.05, 3.63) is 0 Å². The molecule has 0 saturated heterocycles. The first kappa shape index (κ1) is 77.1. The fourth-order valence-corrected chi connectivity index (χ4v) is 10.4. The lowest BCUT2D eigenvalue weighted by molar-refractivity contribution is -0.161. The lowest BCUT2D eigenvalue weighted by atomic mass is 10.00. The number of unbranched alkanes of at least 4 members (excludes halogenated alkanes) is 31. The molecule has 3 unspecified atom stereocenters. The van der Waals surface area contributed by atoms with E-state index in [2.05, 4.69) is 34.6 Å². The number of phosphoric acid groups is 2. The van der Waals surface area contributed by atoms with Crippen molar-refractivity contribution in [2.45, 2.75) is 316 Å². The molecule has 6 atom stereocenters. The molecule has 3 N–H and O–H groups in total. The normalized spacial score (nSPS) is 14.7. The Balaban J connectivity index is 5.15. The number of esters is 4. The maximum atomic E-state index is 12.9. The summed E-state index contributed by atoms with van der Waals surface area (Å²) in [6.45, 7) is 7.01. The molecule has 19 heteroatoms. The van der Waals surface area contributed by atoms with E-state index in [4.69, 9.17) is 37.0 Å². The summed E-state index contributed by atoms with van der Waals surface area (Å²) in [6.07, 6.45) is 36.7. The number of carbonyl (C=O) groups excluding carboxylic acids is 4. The van der Waals surface area contributed by atoms with Crippen LogP contribution in [0.15, 0.2) is 0 Å². The summed E-state index contributed by atoms with van der Waals surface area (Å²) < 4.78 is 67.6.